The molecule has 6 nitrogen and oxygen atoms in total. The van der Waals surface area contributed by atoms with Gasteiger partial charge in [-0.05, 0) is 11.8 Å². The average molecular weight is 267 g/mol. The van der Waals surface area contributed by atoms with E-state index >= 15 is 0 Å². The number of nitrogens with one attached hydrogen (secondary N) is 1. The number of hydrogen-bond donors (Lipinski definition) is 2. The third-order valence-corrected chi connectivity index (χ3v) is 2.67. The summed E-state index contributed by atoms with van der Waals surface area (Å²) in [5, 5.41) is 15.6. The molecular weight excluding hydrogens is 246 g/mol. The van der Waals surface area contributed by atoms with E-state index in [9.17, 15) is 9.59 Å². The smallest absolute Gasteiger partial charge is 0.326 e. The van der Waals surface area contributed by atoms with E-state index in [4.69, 9.17) is 5.11 Å². The van der Waals surface area contributed by atoms with Gasteiger partial charge in [0.1, 0.15) is 6.04 Å². The van der Waals surface area contributed by atoms with Gasteiger partial charge in [-0.3, -0.25) is 9.48 Å². The molecule has 1 atom stereocenters. The van der Waals surface area contributed by atoms with Crippen LogP contribution in [-0.4, -0.2) is 32.8 Å². The third kappa shape index (κ3) is 4.39. The first-order valence-corrected chi connectivity index (χ1v) is 6.37. The second-order valence-corrected chi connectivity index (χ2v) is 5.38. The van der Waals surface area contributed by atoms with Gasteiger partial charge in [0.15, 0.2) is 0 Å². The number of carboxylic acid groups (broad SMARTS) is 1. The van der Waals surface area contributed by atoms with Crippen LogP contribution in [0.2, 0.25) is 0 Å². The van der Waals surface area contributed by atoms with Gasteiger partial charge in [0, 0.05) is 12.7 Å². The number of carbonyl (C=O) groups excluding carboxylic acids is 1. The Bertz CT molecular complexity index is 452. The van der Waals surface area contributed by atoms with Gasteiger partial charge >= 0.3 is 5.97 Å². The SMILES string of the molecule is CC(C)Cn1cc(C(=O)N[C@H](C(=O)O)C(C)C)cn1. The Balaban J connectivity index is 2.72. The summed E-state index contributed by atoms with van der Waals surface area (Å²) < 4.78 is 1.69. The van der Waals surface area contributed by atoms with Crippen molar-refractivity contribution in [3.05, 3.63) is 18.0 Å². The molecule has 0 aromatic carbocycles. The van der Waals surface area contributed by atoms with Gasteiger partial charge < -0.3 is 10.4 Å². The van der Waals surface area contributed by atoms with Gasteiger partial charge in [-0.15, -0.1) is 0 Å². The van der Waals surface area contributed by atoms with Crippen LogP contribution in [0.4, 0.5) is 0 Å². The second kappa shape index (κ2) is 6.36. The molecule has 0 unspecified atom stereocenters. The van der Waals surface area contributed by atoms with Crippen LogP contribution < -0.4 is 5.32 Å². The Morgan fingerprint density at radius 1 is 1.37 bits per heavy atom. The highest BCUT2D eigenvalue weighted by Crippen LogP contribution is 2.06. The van der Waals surface area contributed by atoms with Crippen LogP contribution in [0.25, 0.3) is 0 Å². The van der Waals surface area contributed by atoms with E-state index in [0.29, 0.717) is 11.5 Å². The minimum atomic E-state index is -1.03. The second-order valence-electron chi connectivity index (χ2n) is 5.38. The van der Waals surface area contributed by atoms with Crippen molar-refractivity contribution >= 4 is 11.9 Å². The Labute approximate surface area is 112 Å². The number of nitrogens with zero attached hydrogens (tertiary/aromatic N) is 2. The van der Waals surface area contributed by atoms with Crippen LogP contribution in [0.15, 0.2) is 12.4 Å². The van der Waals surface area contributed by atoms with Gasteiger partial charge in [0.2, 0.25) is 0 Å². The van der Waals surface area contributed by atoms with Crippen molar-refractivity contribution in [2.24, 2.45) is 11.8 Å². The Kier molecular flexibility index (Phi) is 5.09. The quantitative estimate of drug-likeness (QED) is 0.815. The normalized spacial score (nSPS) is 12.7. The molecule has 0 fully saturated rings. The van der Waals surface area contributed by atoms with Crippen LogP contribution in [0.1, 0.15) is 38.1 Å². The van der Waals surface area contributed by atoms with E-state index < -0.39 is 17.9 Å². The number of aliphatic carboxylic acids is 1. The van der Waals surface area contributed by atoms with Gasteiger partial charge in [0.25, 0.3) is 5.91 Å². The van der Waals surface area contributed by atoms with Crippen molar-refractivity contribution in [1.29, 1.82) is 0 Å². The third-order valence-electron chi connectivity index (χ3n) is 2.67. The minimum Gasteiger partial charge on any atom is -0.480 e. The monoisotopic (exact) mass is 267 g/mol. The summed E-state index contributed by atoms with van der Waals surface area (Å²) >= 11 is 0. The summed E-state index contributed by atoms with van der Waals surface area (Å²) in [6.45, 7) is 8.34. The molecule has 1 amide bonds. The highest BCUT2D eigenvalue weighted by Gasteiger charge is 2.24. The lowest BCUT2D eigenvalue weighted by atomic mass is 10.0. The van der Waals surface area contributed by atoms with Crippen LogP contribution in [0.5, 0.6) is 0 Å². The zero-order valence-electron chi connectivity index (χ0n) is 11.8. The summed E-state index contributed by atoms with van der Waals surface area (Å²) in [7, 11) is 0. The molecule has 0 spiro atoms. The maximum absolute atomic E-state index is 11.9. The molecule has 19 heavy (non-hydrogen) atoms. The van der Waals surface area contributed by atoms with Gasteiger partial charge in [0.05, 0.1) is 11.8 Å². The molecule has 2 N–H and O–H groups in total. The van der Waals surface area contributed by atoms with Crippen LogP contribution >= 0.6 is 0 Å². The summed E-state index contributed by atoms with van der Waals surface area (Å²) in [5.74, 6) is -1.18. The number of rotatable bonds is 6. The minimum absolute atomic E-state index is 0.174. The number of carbonyl (C=O) groups is 2. The molecule has 106 valence electrons. The Morgan fingerprint density at radius 2 is 2.00 bits per heavy atom. The van der Waals surface area contributed by atoms with E-state index in [1.165, 1.54) is 6.20 Å². The molecule has 0 saturated heterocycles. The van der Waals surface area contributed by atoms with Gasteiger partial charge in [-0.25, -0.2) is 4.79 Å². The summed E-state index contributed by atoms with van der Waals surface area (Å²) in [5.41, 5.74) is 0.382. The van der Waals surface area contributed by atoms with Crippen molar-refractivity contribution in [3.8, 4) is 0 Å². The van der Waals surface area contributed by atoms with Crippen LogP contribution in [-0.2, 0) is 11.3 Å². The molecule has 0 aliphatic heterocycles. The highest BCUT2D eigenvalue weighted by atomic mass is 16.4. The fourth-order valence-electron chi connectivity index (χ4n) is 1.69. The lowest BCUT2D eigenvalue weighted by molar-refractivity contribution is -0.140. The first-order valence-electron chi connectivity index (χ1n) is 6.37. The first-order chi connectivity index (χ1) is 8.81. The number of aromatic nitrogens is 2. The predicted octanol–water partition coefficient (Wildman–Crippen LogP) is 1.38. The zero-order chi connectivity index (χ0) is 14.6. The van der Waals surface area contributed by atoms with E-state index in [1.807, 2.05) is 0 Å². The largest absolute Gasteiger partial charge is 0.480 e. The molecule has 0 bridgehead atoms. The summed E-state index contributed by atoms with van der Waals surface area (Å²) in [6.07, 6.45) is 3.09. The molecule has 1 aromatic rings. The lowest BCUT2D eigenvalue weighted by Gasteiger charge is -2.17. The van der Waals surface area contributed by atoms with E-state index in [0.717, 1.165) is 6.54 Å². The number of carboxylic acids is 1. The highest BCUT2D eigenvalue weighted by molar-refractivity contribution is 5.96. The number of amides is 1. The summed E-state index contributed by atoms with van der Waals surface area (Å²) in [6, 6.07) is -0.888. The lowest BCUT2D eigenvalue weighted by Crippen LogP contribution is -2.44. The zero-order valence-corrected chi connectivity index (χ0v) is 11.8. The van der Waals surface area contributed by atoms with Crippen molar-refractivity contribution < 1.29 is 14.7 Å². The molecule has 1 heterocycles. The molecule has 0 saturated carbocycles. The standard InChI is InChI=1S/C13H21N3O3/c1-8(2)6-16-7-10(5-14-16)12(17)15-11(9(3)4)13(18)19/h5,7-9,11H,6H2,1-4H3,(H,15,17)(H,18,19)/t11-/m0/s1. The first kappa shape index (κ1) is 15.2. The fraction of sp³-hybridized carbons (Fsp3) is 0.615. The molecular formula is C13H21N3O3. The van der Waals surface area contributed by atoms with Gasteiger partial charge in [-0.2, -0.15) is 5.10 Å². The van der Waals surface area contributed by atoms with Gasteiger partial charge in [-0.1, -0.05) is 27.7 Å². The molecule has 0 aliphatic rings. The molecule has 1 rings (SSSR count). The molecule has 0 radical (unpaired) electrons. The van der Waals surface area contributed by atoms with E-state index in [-0.39, 0.29) is 5.92 Å². The van der Waals surface area contributed by atoms with Crippen molar-refractivity contribution in [2.45, 2.75) is 40.3 Å². The topological polar surface area (TPSA) is 84.2 Å². The van der Waals surface area contributed by atoms with Crippen molar-refractivity contribution in [2.75, 3.05) is 0 Å². The summed E-state index contributed by atoms with van der Waals surface area (Å²) in [4.78, 5) is 23.0. The predicted molar refractivity (Wildman–Crippen MR) is 70.8 cm³/mol. The van der Waals surface area contributed by atoms with Crippen LogP contribution in [0.3, 0.4) is 0 Å². The van der Waals surface area contributed by atoms with Crippen LogP contribution in [0, 0.1) is 11.8 Å². The van der Waals surface area contributed by atoms with E-state index in [1.54, 1.807) is 24.7 Å². The Morgan fingerprint density at radius 3 is 2.47 bits per heavy atom. The molecule has 0 aliphatic carbocycles. The van der Waals surface area contributed by atoms with E-state index in [2.05, 4.69) is 24.3 Å². The average Bonchev–Trinajstić information content (AvgIpc) is 2.72. The maximum Gasteiger partial charge on any atom is 0.326 e. The van der Waals surface area contributed by atoms with Crippen molar-refractivity contribution in [1.82, 2.24) is 15.1 Å². The molecule has 6 heteroatoms. The number of hydrogen-bond acceptors (Lipinski definition) is 3. The maximum atomic E-state index is 11.9. The molecule has 1 aromatic heterocycles. The van der Waals surface area contributed by atoms with Crippen molar-refractivity contribution in [3.63, 3.8) is 0 Å². The fourth-order valence-corrected chi connectivity index (χ4v) is 1.69. The Hall–Kier alpha value is -1.85.